The van der Waals surface area contributed by atoms with E-state index >= 15 is 0 Å². The highest BCUT2D eigenvalue weighted by molar-refractivity contribution is 14.0. The van der Waals surface area contributed by atoms with Crippen molar-refractivity contribution < 1.29 is 9.47 Å². The molecule has 3 N–H and O–H groups in total. The van der Waals surface area contributed by atoms with Crippen molar-refractivity contribution in [2.75, 3.05) is 27.3 Å². The first-order valence-electron chi connectivity index (χ1n) is 10.5. The van der Waals surface area contributed by atoms with Gasteiger partial charge in [0, 0.05) is 31.7 Å². The zero-order valence-corrected chi connectivity index (χ0v) is 21.4. The molecule has 1 fully saturated rings. The molecular formula is C22H35IN6O2. The Morgan fingerprint density at radius 3 is 2.65 bits per heavy atom. The van der Waals surface area contributed by atoms with E-state index in [2.05, 4.69) is 51.6 Å². The van der Waals surface area contributed by atoms with Crippen LogP contribution in [0.25, 0.3) is 11.4 Å². The second-order valence-electron chi connectivity index (χ2n) is 8.70. The van der Waals surface area contributed by atoms with Gasteiger partial charge < -0.3 is 20.1 Å². The molecule has 1 aromatic heterocycles. The molecule has 172 valence electrons. The number of rotatable bonds is 6. The standard InChI is InChI=1S/C22H34N6O2.HI/c1-22(2,3)19-16(7-6-12-30-19)13-24-21(23-4)25-14-18-26-20(28-27-18)15-8-10-17(29-5)11-9-15;/h8-11,16,19H,6-7,12-14H2,1-5H3,(H2,23,24,25)(H,26,27,28);1H. The predicted octanol–water partition coefficient (Wildman–Crippen LogP) is 3.60. The number of aliphatic imine (C=N–C) groups is 1. The van der Waals surface area contributed by atoms with Crippen LogP contribution < -0.4 is 15.4 Å². The molecule has 1 saturated heterocycles. The Kier molecular flexibility index (Phi) is 9.54. The fraction of sp³-hybridized carbons (Fsp3) is 0.591. The average molecular weight is 542 g/mol. The summed E-state index contributed by atoms with van der Waals surface area (Å²) in [7, 11) is 3.42. The van der Waals surface area contributed by atoms with E-state index in [0.717, 1.165) is 42.7 Å². The SMILES string of the molecule is CN=C(NCc1nc(-c2ccc(OC)cc2)n[nH]1)NCC1CCCOC1C(C)(C)C.I. The molecule has 1 aliphatic heterocycles. The molecule has 1 aliphatic rings. The molecule has 0 aliphatic carbocycles. The van der Waals surface area contributed by atoms with Crippen molar-refractivity contribution in [1.29, 1.82) is 0 Å². The second-order valence-corrected chi connectivity index (χ2v) is 8.70. The summed E-state index contributed by atoms with van der Waals surface area (Å²) in [5, 5.41) is 14.0. The third-order valence-corrected chi connectivity index (χ3v) is 5.36. The van der Waals surface area contributed by atoms with Gasteiger partial charge in [-0.15, -0.1) is 24.0 Å². The summed E-state index contributed by atoms with van der Waals surface area (Å²) in [4.78, 5) is 8.90. The van der Waals surface area contributed by atoms with Crippen LogP contribution in [0.5, 0.6) is 5.75 Å². The summed E-state index contributed by atoms with van der Waals surface area (Å²) in [6, 6.07) is 7.68. The van der Waals surface area contributed by atoms with Crippen LogP contribution in [0.2, 0.25) is 0 Å². The molecule has 0 amide bonds. The van der Waals surface area contributed by atoms with Gasteiger partial charge in [0.25, 0.3) is 0 Å². The number of guanidine groups is 1. The molecule has 3 rings (SSSR count). The first kappa shape index (κ1) is 25.4. The Morgan fingerprint density at radius 2 is 2.00 bits per heavy atom. The van der Waals surface area contributed by atoms with Crippen LogP contribution in [-0.4, -0.2) is 54.6 Å². The Hall–Kier alpha value is -1.88. The van der Waals surface area contributed by atoms with Crippen molar-refractivity contribution in [3.05, 3.63) is 30.1 Å². The Labute approximate surface area is 202 Å². The Morgan fingerprint density at radius 1 is 1.26 bits per heavy atom. The number of hydrogen-bond donors (Lipinski definition) is 3. The van der Waals surface area contributed by atoms with Crippen molar-refractivity contribution in [3.8, 4) is 17.1 Å². The predicted molar refractivity (Wildman–Crippen MR) is 134 cm³/mol. The average Bonchev–Trinajstić information content (AvgIpc) is 3.22. The minimum atomic E-state index is 0. The maximum atomic E-state index is 6.08. The van der Waals surface area contributed by atoms with Gasteiger partial charge in [0.15, 0.2) is 11.8 Å². The van der Waals surface area contributed by atoms with E-state index < -0.39 is 0 Å². The zero-order valence-electron chi connectivity index (χ0n) is 19.1. The Bertz CT molecular complexity index is 831. The highest BCUT2D eigenvalue weighted by Crippen LogP contribution is 2.33. The summed E-state index contributed by atoms with van der Waals surface area (Å²) in [6.07, 6.45) is 2.52. The summed E-state index contributed by atoms with van der Waals surface area (Å²) >= 11 is 0. The summed E-state index contributed by atoms with van der Waals surface area (Å²) < 4.78 is 11.3. The summed E-state index contributed by atoms with van der Waals surface area (Å²) in [6.45, 7) is 8.92. The number of nitrogens with zero attached hydrogens (tertiary/aromatic N) is 3. The van der Waals surface area contributed by atoms with Gasteiger partial charge >= 0.3 is 0 Å². The minimum absolute atomic E-state index is 0. The van der Waals surface area contributed by atoms with Gasteiger partial charge in [-0.3, -0.25) is 10.1 Å². The van der Waals surface area contributed by atoms with Crippen LogP contribution in [0.4, 0.5) is 0 Å². The number of hydrogen-bond acceptors (Lipinski definition) is 5. The second kappa shape index (κ2) is 11.7. The molecule has 31 heavy (non-hydrogen) atoms. The lowest BCUT2D eigenvalue weighted by Crippen LogP contribution is -2.47. The van der Waals surface area contributed by atoms with Crippen molar-refractivity contribution in [3.63, 3.8) is 0 Å². The molecule has 1 aromatic carbocycles. The highest BCUT2D eigenvalue weighted by atomic mass is 127. The van der Waals surface area contributed by atoms with Gasteiger partial charge in [0.1, 0.15) is 11.6 Å². The number of benzene rings is 1. The van der Waals surface area contributed by atoms with Crippen LogP contribution >= 0.6 is 24.0 Å². The maximum absolute atomic E-state index is 6.08. The van der Waals surface area contributed by atoms with E-state index in [-0.39, 0.29) is 35.5 Å². The first-order valence-corrected chi connectivity index (χ1v) is 10.5. The summed E-state index contributed by atoms with van der Waals surface area (Å²) in [5.41, 5.74) is 1.06. The zero-order chi connectivity index (χ0) is 21.6. The van der Waals surface area contributed by atoms with Gasteiger partial charge in [-0.1, -0.05) is 20.8 Å². The normalized spacial score (nSPS) is 19.5. The molecule has 0 radical (unpaired) electrons. The topological polar surface area (TPSA) is 96.5 Å². The maximum Gasteiger partial charge on any atom is 0.191 e. The lowest BCUT2D eigenvalue weighted by molar-refractivity contribution is -0.0835. The largest absolute Gasteiger partial charge is 0.497 e. The fourth-order valence-corrected chi connectivity index (χ4v) is 3.87. The van der Waals surface area contributed by atoms with Crippen LogP contribution in [-0.2, 0) is 11.3 Å². The number of nitrogens with one attached hydrogen (secondary N) is 3. The molecule has 8 nitrogen and oxygen atoms in total. The third-order valence-electron chi connectivity index (χ3n) is 5.36. The fourth-order valence-electron chi connectivity index (χ4n) is 3.87. The smallest absolute Gasteiger partial charge is 0.191 e. The van der Waals surface area contributed by atoms with Gasteiger partial charge in [0.05, 0.1) is 19.8 Å². The van der Waals surface area contributed by atoms with Crippen molar-refractivity contribution >= 4 is 29.9 Å². The van der Waals surface area contributed by atoms with Crippen molar-refractivity contribution in [1.82, 2.24) is 25.8 Å². The van der Waals surface area contributed by atoms with Crippen LogP contribution in [0, 0.1) is 11.3 Å². The Balaban J connectivity index is 0.00000341. The third kappa shape index (κ3) is 7.06. The van der Waals surface area contributed by atoms with Crippen LogP contribution in [0.15, 0.2) is 29.3 Å². The first-order chi connectivity index (χ1) is 14.4. The number of methoxy groups -OCH3 is 1. The van der Waals surface area contributed by atoms with E-state index in [1.807, 2.05) is 24.3 Å². The minimum Gasteiger partial charge on any atom is -0.497 e. The molecule has 0 spiro atoms. The number of H-pyrrole nitrogens is 1. The molecule has 0 bridgehead atoms. The molecule has 0 saturated carbocycles. The lowest BCUT2D eigenvalue weighted by Gasteiger charge is -2.40. The van der Waals surface area contributed by atoms with Gasteiger partial charge in [-0.2, -0.15) is 5.10 Å². The quantitative estimate of drug-likeness (QED) is 0.293. The van der Waals surface area contributed by atoms with E-state index in [1.54, 1.807) is 14.2 Å². The number of ether oxygens (including phenoxy) is 2. The van der Waals surface area contributed by atoms with E-state index in [9.17, 15) is 0 Å². The number of aromatic amines is 1. The van der Waals surface area contributed by atoms with Crippen LogP contribution in [0.3, 0.4) is 0 Å². The van der Waals surface area contributed by atoms with Gasteiger partial charge in [0.2, 0.25) is 0 Å². The number of halogens is 1. The van der Waals surface area contributed by atoms with E-state index in [0.29, 0.717) is 18.3 Å². The summed E-state index contributed by atoms with van der Waals surface area (Å²) in [5.74, 6) is 3.42. The molecule has 2 heterocycles. The van der Waals surface area contributed by atoms with Gasteiger partial charge in [-0.25, -0.2) is 4.98 Å². The van der Waals surface area contributed by atoms with E-state index in [1.165, 1.54) is 6.42 Å². The highest BCUT2D eigenvalue weighted by Gasteiger charge is 2.35. The van der Waals surface area contributed by atoms with Crippen molar-refractivity contribution in [2.24, 2.45) is 16.3 Å². The van der Waals surface area contributed by atoms with Crippen molar-refractivity contribution in [2.45, 2.75) is 46.3 Å². The monoisotopic (exact) mass is 542 g/mol. The molecule has 2 atom stereocenters. The lowest BCUT2D eigenvalue weighted by atomic mass is 9.78. The molecule has 2 aromatic rings. The van der Waals surface area contributed by atoms with E-state index in [4.69, 9.17) is 9.47 Å². The molecular weight excluding hydrogens is 507 g/mol. The molecule has 9 heteroatoms. The number of aromatic nitrogens is 3. The van der Waals surface area contributed by atoms with Gasteiger partial charge in [-0.05, 0) is 42.5 Å². The molecule has 2 unspecified atom stereocenters. The van der Waals surface area contributed by atoms with Crippen LogP contribution in [0.1, 0.15) is 39.4 Å².